The Labute approximate surface area is 118 Å². The number of carbonyl (C=O) groups excluding carboxylic acids is 1. The maximum atomic E-state index is 13.8. The molecule has 2 unspecified atom stereocenters. The van der Waals surface area contributed by atoms with E-state index in [-0.39, 0.29) is 11.8 Å². The molecule has 0 aromatic heterocycles. The average molecular weight is 284 g/mol. The molecule has 1 aromatic rings. The SMILES string of the molecule is CCCC(NC(=O)C(C)CNC)c1ccc(F)cc1F. The molecule has 0 spiro atoms. The van der Waals surface area contributed by atoms with E-state index in [1.165, 1.54) is 12.1 Å². The fourth-order valence-corrected chi connectivity index (χ4v) is 2.09. The van der Waals surface area contributed by atoms with Crippen molar-refractivity contribution in [2.45, 2.75) is 32.7 Å². The van der Waals surface area contributed by atoms with E-state index in [2.05, 4.69) is 10.6 Å². The molecule has 0 saturated heterocycles. The van der Waals surface area contributed by atoms with Crippen LogP contribution >= 0.6 is 0 Å². The second-order valence-electron chi connectivity index (χ2n) is 4.97. The van der Waals surface area contributed by atoms with Crippen LogP contribution in [0.4, 0.5) is 8.78 Å². The molecular weight excluding hydrogens is 262 g/mol. The second-order valence-corrected chi connectivity index (χ2v) is 4.97. The van der Waals surface area contributed by atoms with Gasteiger partial charge in [0.25, 0.3) is 0 Å². The van der Waals surface area contributed by atoms with Crippen molar-refractivity contribution in [3.63, 3.8) is 0 Å². The third-order valence-corrected chi connectivity index (χ3v) is 3.19. The monoisotopic (exact) mass is 284 g/mol. The third-order valence-electron chi connectivity index (χ3n) is 3.19. The summed E-state index contributed by atoms with van der Waals surface area (Å²) in [4.78, 5) is 12.0. The highest BCUT2D eigenvalue weighted by atomic mass is 19.1. The zero-order valence-electron chi connectivity index (χ0n) is 12.2. The van der Waals surface area contributed by atoms with Crippen molar-refractivity contribution in [1.82, 2.24) is 10.6 Å². The summed E-state index contributed by atoms with van der Waals surface area (Å²) in [7, 11) is 1.77. The lowest BCUT2D eigenvalue weighted by Crippen LogP contribution is -2.37. The maximum Gasteiger partial charge on any atom is 0.224 e. The standard InChI is InChI=1S/C15H22F2N2O/c1-4-5-14(19-15(20)10(2)9-18-3)12-7-6-11(16)8-13(12)17/h6-8,10,14,18H,4-5,9H2,1-3H3,(H,19,20). The first-order valence-corrected chi connectivity index (χ1v) is 6.89. The normalized spacial score (nSPS) is 13.8. The molecule has 112 valence electrons. The van der Waals surface area contributed by atoms with Gasteiger partial charge in [0.05, 0.1) is 6.04 Å². The summed E-state index contributed by atoms with van der Waals surface area (Å²) in [5, 5.41) is 5.77. The van der Waals surface area contributed by atoms with Gasteiger partial charge in [-0.05, 0) is 19.5 Å². The molecule has 2 atom stereocenters. The zero-order chi connectivity index (χ0) is 15.1. The molecule has 0 heterocycles. The Morgan fingerprint density at radius 3 is 2.60 bits per heavy atom. The van der Waals surface area contributed by atoms with Gasteiger partial charge in [0.1, 0.15) is 11.6 Å². The quantitative estimate of drug-likeness (QED) is 0.808. The van der Waals surface area contributed by atoms with E-state index in [0.29, 0.717) is 18.5 Å². The van der Waals surface area contributed by atoms with Gasteiger partial charge in [0.2, 0.25) is 5.91 Å². The summed E-state index contributed by atoms with van der Waals surface area (Å²) >= 11 is 0. The highest BCUT2D eigenvalue weighted by molar-refractivity contribution is 5.79. The lowest BCUT2D eigenvalue weighted by atomic mass is 10.0. The van der Waals surface area contributed by atoms with Gasteiger partial charge < -0.3 is 10.6 Å². The lowest BCUT2D eigenvalue weighted by Gasteiger charge is -2.21. The molecule has 1 aromatic carbocycles. The van der Waals surface area contributed by atoms with Crippen LogP contribution in [-0.2, 0) is 4.79 Å². The van der Waals surface area contributed by atoms with Crippen molar-refractivity contribution in [2.75, 3.05) is 13.6 Å². The predicted octanol–water partition coefficient (Wildman–Crippen LogP) is 2.78. The van der Waals surface area contributed by atoms with Crippen molar-refractivity contribution in [3.05, 3.63) is 35.4 Å². The first-order chi connectivity index (χ1) is 9.49. The molecule has 1 rings (SSSR count). The number of rotatable bonds is 7. The maximum absolute atomic E-state index is 13.8. The van der Waals surface area contributed by atoms with E-state index >= 15 is 0 Å². The molecular formula is C15H22F2N2O. The molecule has 20 heavy (non-hydrogen) atoms. The lowest BCUT2D eigenvalue weighted by molar-refractivity contribution is -0.125. The molecule has 0 fully saturated rings. The van der Waals surface area contributed by atoms with Crippen LogP contribution < -0.4 is 10.6 Å². The minimum Gasteiger partial charge on any atom is -0.349 e. The van der Waals surface area contributed by atoms with Gasteiger partial charge in [-0.2, -0.15) is 0 Å². The Morgan fingerprint density at radius 2 is 2.05 bits per heavy atom. The molecule has 0 bridgehead atoms. The highest BCUT2D eigenvalue weighted by Crippen LogP contribution is 2.22. The largest absolute Gasteiger partial charge is 0.349 e. The van der Waals surface area contributed by atoms with E-state index in [1.54, 1.807) is 14.0 Å². The Bertz CT molecular complexity index is 451. The van der Waals surface area contributed by atoms with Crippen molar-refractivity contribution in [2.24, 2.45) is 5.92 Å². The van der Waals surface area contributed by atoms with Crippen molar-refractivity contribution < 1.29 is 13.6 Å². The zero-order valence-corrected chi connectivity index (χ0v) is 12.2. The van der Waals surface area contributed by atoms with Gasteiger partial charge in [0, 0.05) is 24.1 Å². The number of amides is 1. The van der Waals surface area contributed by atoms with Crippen LogP contribution in [0.5, 0.6) is 0 Å². The predicted molar refractivity (Wildman–Crippen MR) is 75.2 cm³/mol. The van der Waals surface area contributed by atoms with Crippen molar-refractivity contribution in [3.8, 4) is 0 Å². The van der Waals surface area contributed by atoms with Gasteiger partial charge in [0.15, 0.2) is 0 Å². The van der Waals surface area contributed by atoms with E-state index in [4.69, 9.17) is 0 Å². The van der Waals surface area contributed by atoms with E-state index in [1.807, 2.05) is 6.92 Å². The second kappa shape index (κ2) is 7.94. The van der Waals surface area contributed by atoms with Gasteiger partial charge in [-0.15, -0.1) is 0 Å². The van der Waals surface area contributed by atoms with Crippen LogP contribution in [0.3, 0.4) is 0 Å². The summed E-state index contributed by atoms with van der Waals surface area (Å²) in [6.07, 6.45) is 1.41. The summed E-state index contributed by atoms with van der Waals surface area (Å²) in [6, 6.07) is 3.03. The fourth-order valence-electron chi connectivity index (χ4n) is 2.09. The fraction of sp³-hybridized carbons (Fsp3) is 0.533. The smallest absolute Gasteiger partial charge is 0.224 e. The Morgan fingerprint density at radius 1 is 1.35 bits per heavy atom. The summed E-state index contributed by atoms with van der Waals surface area (Å²) in [6.45, 7) is 4.31. The molecule has 2 N–H and O–H groups in total. The third kappa shape index (κ3) is 4.56. The van der Waals surface area contributed by atoms with E-state index in [9.17, 15) is 13.6 Å². The van der Waals surface area contributed by atoms with E-state index in [0.717, 1.165) is 12.5 Å². The van der Waals surface area contributed by atoms with Gasteiger partial charge >= 0.3 is 0 Å². The first kappa shape index (κ1) is 16.6. The van der Waals surface area contributed by atoms with Crippen molar-refractivity contribution in [1.29, 1.82) is 0 Å². The molecule has 0 radical (unpaired) electrons. The van der Waals surface area contributed by atoms with Gasteiger partial charge in [-0.1, -0.05) is 26.3 Å². The number of carbonyl (C=O) groups is 1. The molecule has 5 heteroatoms. The molecule has 3 nitrogen and oxygen atoms in total. The highest BCUT2D eigenvalue weighted by Gasteiger charge is 2.20. The molecule has 0 saturated carbocycles. The molecule has 0 aliphatic heterocycles. The first-order valence-electron chi connectivity index (χ1n) is 6.89. The van der Waals surface area contributed by atoms with Crippen LogP contribution in [0.1, 0.15) is 38.3 Å². The average Bonchev–Trinajstić information content (AvgIpc) is 2.38. The number of hydrogen-bond donors (Lipinski definition) is 2. The number of nitrogens with one attached hydrogen (secondary N) is 2. The van der Waals surface area contributed by atoms with Gasteiger partial charge in [-0.25, -0.2) is 8.78 Å². The van der Waals surface area contributed by atoms with Gasteiger partial charge in [-0.3, -0.25) is 4.79 Å². The summed E-state index contributed by atoms with van der Waals surface area (Å²) < 4.78 is 26.8. The molecule has 0 aliphatic rings. The molecule has 0 aliphatic carbocycles. The summed E-state index contributed by atoms with van der Waals surface area (Å²) in [5.74, 6) is -1.58. The number of halogens is 2. The Balaban J connectivity index is 2.85. The van der Waals surface area contributed by atoms with Crippen molar-refractivity contribution >= 4 is 5.91 Å². The van der Waals surface area contributed by atoms with Crippen LogP contribution in [-0.4, -0.2) is 19.5 Å². The number of hydrogen-bond acceptors (Lipinski definition) is 2. The minimum atomic E-state index is -0.620. The topological polar surface area (TPSA) is 41.1 Å². The van der Waals surface area contributed by atoms with Crippen LogP contribution in [0.25, 0.3) is 0 Å². The van der Waals surface area contributed by atoms with Crippen LogP contribution in [0, 0.1) is 17.6 Å². The Hall–Kier alpha value is -1.49. The van der Waals surface area contributed by atoms with E-state index < -0.39 is 17.7 Å². The number of benzene rings is 1. The Kier molecular flexibility index (Phi) is 6.58. The van der Waals surface area contributed by atoms with Crippen LogP contribution in [0.15, 0.2) is 18.2 Å². The summed E-state index contributed by atoms with van der Waals surface area (Å²) in [5.41, 5.74) is 0.332. The van der Waals surface area contributed by atoms with Crippen LogP contribution in [0.2, 0.25) is 0 Å². The minimum absolute atomic E-state index is 0.137. The molecule has 1 amide bonds.